The second-order valence-corrected chi connectivity index (χ2v) is 11.3. The highest BCUT2D eigenvalue weighted by Gasteiger charge is 2.37. The van der Waals surface area contributed by atoms with Crippen molar-refractivity contribution in [2.45, 2.75) is 63.5 Å². The average Bonchev–Trinajstić information content (AvgIpc) is 3.85. The lowest BCUT2D eigenvalue weighted by Gasteiger charge is -2.33. The summed E-state index contributed by atoms with van der Waals surface area (Å²) in [6, 6.07) is -1.18. The maximum atomic E-state index is 13.8. The second-order valence-electron chi connectivity index (χ2n) is 11.3. The molecule has 3 aliphatic rings. The van der Waals surface area contributed by atoms with Crippen molar-refractivity contribution in [2.75, 3.05) is 45.8 Å². The number of aromatic nitrogens is 2. The van der Waals surface area contributed by atoms with E-state index in [9.17, 15) is 24.0 Å². The van der Waals surface area contributed by atoms with Gasteiger partial charge in [0.25, 0.3) is 5.91 Å². The summed E-state index contributed by atoms with van der Waals surface area (Å²) in [6.07, 6.45) is 9.24. The topological polar surface area (TPSA) is 207 Å². The SMILES string of the molecule is N=C(N)N1CCC[C@@H](CNC(=O)C[C@H](NC(=O)CN2CCCCC2=O)C(=O)N(CCNC(=O)c2cnccn2)C2CC2)C1. The lowest BCUT2D eigenvalue weighted by atomic mass is 9.98. The van der Waals surface area contributed by atoms with E-state index in [0.29, 0.717) is 32.6 Å². The van der Waals surface area contributed by atoms with Gasteiger partial charge in [-0.25, -0.2) is 4.98 Å². The van der Waals surface area contributed by atoms with Gasteiger partial charge in [-0.05, 0) is 44.4 Å². The zero-order valence-corrected chi connectivity index (χ0v) is 24.4. The quantitative estimate of drug-likeness (QED) is 0.136. The predicted molar refractivity (Wildman–Crippen MR) is 155 cm³/mol. The summed E-state index contributed by atoms with van der Waals surface area (Å²) in [5.41, 5.74) is 5.79. The molecule has 2 saturated heterocycles. The maximum Gasteiger partial charge on any atom is 0.271 e. The number of hydrogen-bond donors (Lipinski definition) is 5. The average molecular weight is 599 g/mol. The van der Waals surface area contributed by atoms with Gasteiger partial charge in [0.15, 0.2) is 5.96 Å². The van der Waals surface area contributed by atoms with E-state index in [1.54, 1.807) is 9.80 Å². The van der Waals surface area contributed by atoms with Crippen LogP contribution >= 0.6 is 0 Å². The number of amides is 5. The van der Waals surface area contributed by atoms with Gasteiger partial charge in [0.1, 0.15) is 11.7 Å². The molecule has 5 amide bonds. The molecule has 1 aromatic heterocycles. The molecule has 2 atom stereocenters. The Bertz CT molecular complexity index is 1180. The van der Waals surface area contributed by atoms with Crippen molar-refractivity contribution >= 4 is 35.5 Å². The summed E-state index contributed by atoms with van der Waals surface area (Å²) in [6.45, 7) is 2.28. The summed E-state index contributed by atoms with van der Waals surface area (Å²) in [7, 11) is 0. The van der Waals surface area contributed by atoms with Crippen LogP contribution in [0.15, 0.2) is 18.6 Å². The Labute approximate surface area is 250 Å². The van der Waals surface area contributed by atoms with Gasteiger partial charge in [-0.3, -0.25) is 34.4 Å². The maximum absolute atomic E-state index is 13.8. The van der Waals surface area contributed by atoms with E-state index in [2.05, 4.69) is 25.9 Å². The third-order valence-electron chi connectivity index (χ3n) is 7.93. The van der Waals surface area contributed by atoms with E-state index in [-0.39, 0.29) is 61.5 Å². The number of nitrogens with zero attached hydrogens (tertiary/aromatic N) is 5. The van der Waals surface area contributed by atoms with E-state index < -0.39 is 23.8 Å². The summed E-state index contributed by atoms with van der Waals surface area (Å²) in [4.78, 5) is 77.2. The number of likely N-dealkylation sites (tertiary alicyclic amines) is 2. The fourth-order valence-electron chi connectivity index (χ4n) is 5.46. The molecule has 2 aliphatic heterocycles. The highest BCUT2D eigenvalue weighted by atomic mass is 16.2. The van der Waals surface area contributed by atoms with Crippen molar-refractivity contribution in [1.82, 2.24) is 40.6 Å². The number of carbonyl (C=O) groups is 5. The van der Waals surface area contributed by atoms with Gasteiger partial charge in [-0.1, -0.05) is 0 Å². The van der Waals surface area contributed by atoms with E-state index >= 15 is 0 Å². The van der Waals surface area contributed by atoms with E-state index in [1.165, 1.54) is 23.5 Å². The molecular weight excluding hydrogens is 556 g/mol. The van der Waals surface area contributed by atoms with Gasteiger partial charge >= 0.3 is 0 Å². The molecule has 0 aromatic carbocycles. The van der Waals surface area contributed by atoms with Crippen molar-refractivity contribution in [3.8, 4) is 0 Å². The van der Waals surface area contributed by atoms with Crippen molar-refractivity contribution in [3.05, 3.63) is 24.3 Å². The molecule has 1 saturated carbocycles. The molecule has 0 radical (unpaired) electrons. The third-order valence-corrected chi connectivity index (χ3v) is 7.93. The summed E-state index contributed by atoms with van der Waals surface area (Å²) < 4.78 is 0. The van der Waals surface area contributed by atoms with Gasteiger partial charge in [0.2, 0.25) is 23.6 Å². The lowest BCUT2D eigenvalue weighted by Crippen LogP contribution is -2.54. The number of nitrogens with two attached hydrogens (primary N) is 1. The smallest absolute Gasteiger partial charge is 0.271 e. The second kappa shape index (κ2) is 15.3. The minimum absolute atomic E-state index is 0.00430. The minimum atomic E-state index is -1.14. The van der Waals surface area contributed by atoms with Gasteiger partial charge in [-0.15, -0.1) is 0 Å². The molecule has 6 N–H and O–H groups in total. The van der Waals surface area contributed by atoms with Gasteiger partial charge in [-0.2, -0.15) is 0 Å². The molecule has 3 fully saturated rings. The molecule has 4 rings (SSSR count). The van der Waals surface area contributed by atoms with E-state index in [0.717, 1.165) is 38.5 Å². The number of nitrogens with one attached hydrogen (secondary N) is 4. The Morgan fingerprint density at radius 3 is 2.58 bits per heavy atom. The van der Waals surface area contributed by atoms with E-state index in [4.69, 9.17) is 11.1 Å². The predicted octanol–water partition coefficient (Wildman–Crippen LogP) is -1.19. The summed E-state index contributed by atoms with van der Waals surface area (Å²) in [5.74, 6) is -1.71. The summed E-state index contributed by atoms with van der Waals surface area (Å²) in [5, 5.41) is 16.0. The van der Waals surface area contributed by atoms with Crippen LogP contribution in [0, 0.1) is 11.3 Å². The number of guanidine groups is 1. The van der Waals surface area contributed by atoms with Gasteiger partial charge < -0.3 is 36.4 Å². The monoisotopic (exact) mass is 598 g/mol. The normalized spacial score (nSPS) is 19.3. The zero-order valence-electron chi connectivity index (χ0n) is 24.4. The third kappa shape index (κ3) is 9.61. The summed E-state index contributed by atoms with van der Waals surface area (Å²) >= 11 is 0. The first-order valence-corrected chi connectivity index (χ1v) is 15.0. The Balaban J connectivity index is 1.37. The van der Waals surface area contributed by atoms with Crippen LogP contribution in [0.1, 0.15) is 61.9 Å². The number of carbonyl (C=O) groups excluding carboxylic acids is 5. The number of hydrogen-bond acceptors (Lipinski definition) is 8. The van der Waals surface area contributed by atoms with Crippen LogP contribution in [0.3, 0.4) is 0 Å². The van der Waals surface area contributed by atoms with Crippen LogP contribution in [0.5, 0.6) is 0 Å². The number of piperidine rings is 2. The van der Waals surface area contributed by atoms with Crippen molar-refractivity contribution in [3.63, 3.8) is 0 Å². The van der Waals surface area contributed by atoms with Crippen LogP contribution in [0.2, 0.25) is 0 Å². The fourth-order valence-corrected chi connectivity index (χ4v) is 5.46. The van der Waals surface area contributed by atoms with Crippen LogP contribution in [0.25, 0.3) is 0 Å². The van der Waals surface area contributed by atoms with Crippen LogP contribution < -0.4 is 21.7 Å². The molecule has 15 heteroatoms. The molecular formula is C28H42N10O5. The van der Waals surface area contributed by atoms with Crippen molar-refractivity contribution < 1.29 is 24.0 Å². The first-order valence-electron chi connectivity index (χ1n) is 15.0. The van der Waals surface area contributed by atoms with Gasteiger partial charge in [0.05, 0.1) is 19.2 Å². The Kier molecular flexibility index (Phi) is 11.2. The fraction of sp³-hybridized carbons (Fsp3) is 0.643. The molecule has 0 unspecified atom stereocenters. The van der Waals surface area contributed by atoms with Crippen LogP contribution in [-0.4, -0.2) is 118 Å². The molecule has 3 heterocycles. The lowest BCUT2D eigenvalue weighted by molar-refractivity contribution is -0.141. The van der Waals surface area contributed by atoms with Crippen LogP contribution in [0.4, 0.5) is 0 Å². The van der Waals surface area contributed by atoms with Crippen LogP contribution in [-0.2, 0) is 19.2 Å². The molecule has 1 aliphatic carbocycles. The zero-order chi connectivity index (χ0) is 30.8. The Hall–Kier alpha value is -4.30. The minimum Gasteiger partial charge on any atom is -0.370 e. The largest absolute Gasteiger partial charge is 0.370 e. The first-order chi connectivity index (χ1) is 20.7. The first kappa shape index (κ1) is 31.6. The Morgan fingerprint density at radius 1 is 1.07 bits per heavy atom. The Morgan fingerprint density at radius 2 is 1.88 bits per heavy atom. The number of rotatable bonds is 13. The highest BCUT2D eigenvalue weighted by Crippen LogP contribution is 2.27. The van der Waals surface area contributed by atoms with E-state index in [1.807, 2.05) is 0 Å². The molecule has 0 bridgehead atoms. The van der Waals surface area contributed by atoms with Crippen molar-refractivity contribution in [1.29, 1.82) is 5.41 Å². The molecule has 0 spiro atoms. The standard InChI is InChI=1S/C28H42N10O5/c29-28(30)37-12-3-4-19(17-37)15-34-23(39)14-21(35-24(40)18-36-11-2-1-5-25(36)41)27(43)38(20-6-7-20)13-10-33-26(42)22-16-31-8-9-32-22/h8-9,16,19-21H,1-7,10-15,17-18H2,(H3,29,30)(H,33,42)(H,34,39)(H,35,40)/t19-,21-/m0/s1. The molecule has 15 nitrogen and oxygen atoms in total. The van der Waals surface area contributed by atoms with Crippen molar-refractivity contribution in [2.24, 2.45) is 11.7 Å². The molecule has 234 valence electrons. The molecule has 43 heavy (non-hydrogen) atoms. The molecule has 1 aromatic rings. The highest BCUT2D eigenvalue weighted by molar-refractivity contribution is 5.94. The van der Waals surface area contributed by atoms with Gasteiger partial charge in [0, 0.05) is 64.1 Å².